The molecule has 2 amide bonds. The largest absolute Gasteiger partial charge is 0.465 e. The average Bonchev–Trinajstić information content (AvgIpc) is 2.50. The summed E-state index contributed by atoms with van der Waals surface area (Å²) in [4.78, 5) is 22.0. The van der Waals surface area contributed by atoms with Crippen LogP contribution in [0.15, 0.2) is 29.2 Å². The van der Waals surface area contributed by atoms with E-state index in [1.54, 1.807) is 0 Å². The molecule has 0 heterocycles. The Hall–Kier alpha value is -2.29. The van der Waals surface area contributed by atoms with Crippen LogP contribution in [0.1, 0.15) is 18.5 Å². The molecule has 1 rings (SSSR count). The number of carboxylic acid groups (broad SMARTS) is 1. The van der Waals surface area contributed by atoms with Crippen molar-refractivity contribution in [2.45, 2.75) is 17.9 Å². The maximum Gasteiger partial charge on any atom is 0.406 e. The van der Waals surface area contributed by atoms with Crippen LogP contribution in [-0.4, -0.2) is 45.1 Å². The second kappa shape index (κ2) is 7.64. The van der Waals surface area contributed by atoms with E-state index >= 15 is 0 Å². The number of benzene rings is 1. The fraction of sp³-hybridized carbons (Fsp3) is 0.385. The van der Waals surface area contributed by atoms with Crippen molar-refractivity contribution in [3.63, 3.8) is 0 Å². The van der Waals surface area contributed by atoms with Gasteiger partial charge in [0, 0.05) is 7.05 Å². The number of amides is 2. The lowest BCUT2D eigenvalue weighted by atomic mass is 10.1. The number of carbonyl (C=O) groups is 2. The first-order valence-electron chi connectivity index (χ1n) is 6.46. The Morgan fingerprint density at radius 2 is 1.86 bits per heavy atom. The third-order valence-corrected chi connectivity index (χ3v) is 4.66. The molecule has 0 unspecified atom stereocenters. The summed E-state index contributed by atoms with van der Waals surface area (Å²) in [5.74, 6) is -0.0249. The van der Waals surface area contributed by atoms with Gasteiger partial charge in [0.2, 0.25) is 0 Å². The quantitative estimate of drug-likeness (QED) is 0.719. The molecule has 0 aliphatic heterocycles. The van der Waals surface area contributed by atoms with E-state index in [2.05, 4.69) is 10.6 Å². The highest BCUT2D eigenvalue weighted by Crippen LogP contribution is 2.18. The maximum atomic E-state index is 11.7. The van der Waals surface area contributed by atoms with E-state index in [0.29, 0.717) is 5.56 Å². The van der Waals surface area contributed by atoms with Crippen LogP contribution >= 0.6 is 0 Å². The first-order valence-corrected chi connectivity index (χ1v) is 8.12. The molecule has 0 aromatic heterocycles. The summed E-state index contributed by atoms with van der Waals surface area (Å²) in [6.07, 6.45) is -1.97. The van der Waals surface area contributed by atoms with Crippen molar-refractivity contribution in [2.75, 3.05) is 19.4 Å². The summed E-state index contributed by atoms with van der Waals surface area (Å²) in [6.45, 7) is 1.32. The topological polar surface area (TPSA) is 122 Å². The molecule has 0 aliphatic carbocycles. The van der Waals surface area contributed by atoms with E-state index in [9.17, 15) is 18.0 Å². The maximum absolute atomic E-state index is 11.7. The number of nitrogens with one attached hydrogen (secondary N) is 2. The number of rotatable bonds is 6. The molecule has 9 heteroatoms. The van der Waals surface area contributed by atoms with Crippen molar-refractivity contribution in [2.24, 2.45) is 0 Å². The Labute approximate surface area is 128 Å². The van der Waals surface area contributed by atoms with E-state index in [4.69, 9.17) is 9.84 Å². The van der Waals surface area contributed by atoms with Gasteiger partial charge in [-0.05, 0) is 17.7 Å². The predicted octanol–water partition coefficient (Wildman–Crippen LogP) is 1.14. The standard InChI is InChI=1S/C13H18N2O6S/c1-3-22(19,20)10-6-4-9(5-7-10)11(15-12(16)17)8-21-13(18)14-2/h4-7,11,15H,3,8H2,1-2H3,(H,14,18)(H,16,17)/t11-/m0/s1. The molecule has 1 aromatic carbocycles. The fourth-order valence-electron chi connectivity index (χ4n) is 1.68. The van der Waals surface area contributed by atoms with E-state index in [1.165, 1.54) is 38.2 Å². The number of hydrogen-bond acceptors (Lipinski definition) is 5. The zero-order chi connectivity index (χ0) is 16.8. The number of alkyl carbamates (subject to hydrolysis) is 1. The van der Waals surface area contributed by atoms with Crippen molar-refractivity contribution in [1.29, 1.82) is 0 Å². The van der Waals surface area contributed by atoms with Crippen molar-refractivity contribution < 1.29 is 27.9 Å². The highest BCUT2D eigenvalue weighted by Gasteiger charge is 2.18. The SMILES string of the molecule is CCS(=O)(=O)c1ccc([C@H](COC(=O)NC)NC(=O)O)cc1. The van der Waals surface area contributed by atoms with Crippen LogP contribution in [0.3, 0.4) is 0 Å². The average molecular weight is 330 g/mol. The molecule has 3 N–H and O–H groups in total. The molecule has 0 saturated carbocycles. The van der Waals surface area contributed by atoms with Crippen LogP contribution in [0.4, 0.5) is 9.59 Å². The van der Waals surface area contributed by atoms with E-state index in [-0.39, 0.29) is 17.3 Å². The minimum Gasteiger partial charge on any atom is -0.465 e. The lowest BCUT2D eigenvalue weighted by molar-refractivity contribution is 0.131. The zero-order valence-electron chi connectivity index (χ0n) is 12.2. The Morgan fingerprint density at radius 3 is 2.32 bits per heavy atom. The lowest BCUT2D eigenvalue weighted by Crippen LogP contribution is -2.32. The third-order valence-electron chi connectivity index (χ3n) is 2.90. The molecule has 0 fully saturated rings. The number of hydrogen-bond donors (Lipinski definition) is 3. The molecule has 0 aliphatic rings. The molecule has 1 aromatic rings. The molecule has 22 heavy (non-hydrogen) atoms. The van der Waals surface area contributed by atoms with Crippen molar-refractivity contribution in [1.82, 2.24) is 10.6 Å². The van der Waals surface area contributed by atoms with Crippen LogP contribution in [0.5, 0.6) is 0 Å². The highest BCUT2D eigenvalue weighted by atomic mass is 32.2. The Kier molecular flexibility index (Phi) is 6.17. The number of carbonyl (C=O) groups excluding carboxylic acids is 1. The minimum atomic E-state index is -3.33. The van der Waals surface area contributed by atoms with Crippen LogP contribution in [0, 0.1) is 0 Å². The monoisotopic (exact) mass is 330 g/mol. The van der Waals surface area contributed by atoms with Gasteiger partial charge in [0.05, 0.1) is 16.7 Å². The summed E-state index contributed by atoms with van der Waals surface area (Å²) < 4.78 is 28.3. The molecule has 0 saturated heterocycles. The predicted molar refractivity (Wildman–Crippen MR) is 78.5 cm³/mol. The smallest absolute Gasteiger partial charge is 0.406 e. The summed E-state index contributed by atoms with van der Waals surface area (Å²) in [6, 6.07) is 4.95. The van der Waals surface area contributed by atoms with Gasteiger partial charge in [0.1, 0.15) is 6.61 Å². The minimum absolute atomic E-state index is 0.0249. The van der Waals surface area contributed by atoms with Gasteiger partial charge in [0.15, 0.2) is 9.84 Å². The van der Waals surface area contributed by atoms with Gasteiger partial charge in [-0.15, -0.1) is 0 Å². The van der Waals surface area contributed by atoms with Gasteiger partial charge < -0.3 is 20.5 Å². The van der Waals surface area contributed by atoms with Crippen LogP contribution < -0.4 is 10.6 Å². The zero-order valence-corrected chi connectivity index (χ0v) is 13.0. The number of ether oxygens (including phenoxy) is 1. The first kappa shape index (κ1) is 17.8. The Bertz CT molecular complexity index is 626. The summed E-state index contributed by atoms with van der Waals surface area (Å²) in [5.41, 5.74) is 0.487. The van der Waals surface area contributed by atoms with Crippen LogP contribution in [0.25, 0.3) is 0 Å². The second-order valence-electron chi connectivity index (χ2n) is 4.32. The molecular weight excluding hydrogens is 312 g/mol. The van der Waals surface area contributed by atoms with Gasteiger partial charge >= 0.3 is 12.2 Å². The first-order chi connectivity index (χ1) is 10.3. The Balaban J connectivity index is 2.94. The van der Waals surface area contributed by atoms with Gasteiger partial charge in [-0.2, -0.15) is 0 Å². The van der Waals surface area contributed by atoms with E-state index < -0.39 is 28.1 Å². The molecule has 0 spiro atoms. The lowest BCUT2D eigenvalue weighted by Gasteiger charge is -2.17. The second-order valence-corrected chi connectivity index (χ2v) is 6.60. The molecule has 0 bridgehead atoms. The van der Waals surface area contributed by atoms with Crippen LogP contribution in [0.2, 0.25) is 0 Å². The third kappa shape index (κ3) is 4.92. The van der Waals surface area contributed by atoms with Crippen LogP contribution in [-0.2, 0) is 14.6 Å². The summed E-state index contributed by atoms with van der Waals surface area (Å²) in [7, 11) is -1.94. The highest BCUT2D eigenvalue weighted by molar-refractivity contribution is 7.91. The Morgan fingerprint density at radius 1 is 1.27 bits per heavy atom. The van der Waals surface area contributed by atoms with Crippen molar-refractivity contribution in [3.8, 4) is 0 Å². The van der Waals surface area contributed by atoms with Gasteiger partial charge in [-0.25, -0.2) is 18.0 Å². The van der Waals surface area contributed by atoms with Crippen molar-refractivity contribution in [3.05, 3.63) is 29.8 Å². The molecule has 8 nitrogen and oxygen atoms in total. The van der Waals surface area contributed by atoms with Gasteiger partial charge in [-0.1, -0.05) is 19.1 Å². The molecule has 122 valence electrons. The summed E-state index contributed by atoms with van der Waals surface area (Å²) in [5, 5.41) is 13.3. The van der Waals surface area contributed by atoms with Crippen molar-refractivity contribution >= 4 is 22.0 Å². The molecular formula is C13H18N2O6S. The van der Waals surface area contributed by atoms with Gasteiger partial charge in [-0.3, -0.25) is 0 Å². The molecule has 0 radical (unpaired) electrons. The van der Waals surface area contributed by atoms with E-state index in [1.807, 2.05) is 0 Å². The van der Waals surface area contributed by atoms with Gasteiger partial charge in [0.25, 0.3) is 0 Å². The normalized spacial score (nSPS) is 12.3. The summed E-state index contributed by atoms with van der Waals surface area (Å²) >= 11 is 0. The fourth-order valence-corrected chi connectivity index (χ4v) is 2.56. The van der Waals surface area contributed by atoms with E-state index in [0.717, 1.165) is 0 Å². The molecule has 1 atom stereocenters. The number of sulfone groups is 1.